The summed E-state index contributed by atoms with van der Waals surface area (Å²) in [4.78, 5) is 0. The number of rotatable bonds is 4. The molecule has 1 heterocycles. The number of hydrogen-bond donors (Lipinski definition) is 1. The first-order chi connectivity index (χ1) is 9.84. The number of halogens is 3. The molecule has 0 aliphatic carbocycles. The molecular weight excluding hydrogens is 279 g/mol. The number of benzene rings is 1. The van der Waals surface area contributed by atoms with Crippen LogP contribution in [0.4, 0.5) is 13.2 Å². The van der Waals surface area contributed by atoms with Gasteiger partial charge in [0.25, 0.3) is 0 Å². The fraction of sp³-hybridized carbons (Fsp3) is 0.625. The van der Waals surface area contributed by atoms with Gasteiger partial charge in [-0.05, 0) is 37.8 Å². The highest BCUT2D eigenvalue weighted by Gasteiger charge is 2.34. The Morgan fingerprint density at radius 1 is 1.33 bits per heavy atom. The molecule has 2 unspecified atom stereocenters. The van der Waals surface area contributed by atoms with E-state index in [9.17, 15) is 13.2 Å². The van der Waals surface area contributed by atoms with Crippen molar-refractivity contribution in [2.75, 3.05) is 6.61 Å². The molecule has 1 N–H and O–H groups in total. The summed E-state index contributed by atoms with van der Waals surface area (Å²) in [5, 5.41) is 3.26. The molecule has 2 rings (SSSR count). The molecule has 21 heavy (non-hydrogen) atoms. The van der Waals surface area contributed by atoms with Crippen molar-refractivity contribution in [3.63, 3.8) is 0 Å². The van der Waals surface area contributed by atoms with Crippen LogP contribution < -0.4 is 5.32 Å². The van der Waals surface area contributed by atoms with Gasteiger partial charge in [0.2, 0.25) is 0 Å². The molecule has 1 aromatic carbocycles. The molecule has 0 spiro atoms. The molecule has 0 amide bonds. The molecule has 1 aliphatic rings. The third-order valence-electron chi connectivity index (χ3n) is 4.25. The maximum absolute atomic E-state index is 12.9. The molecule has 5 heteroatoms. The standard InChI is InChI=1S/C16H22F3NO/c1-3-15(2)10-13(8-9-21-15)20-11-12-6-4-5-7-14(12)16(17,18)19/h4-7,13,20H,3,8-11H2,1-2H3. The first-order valence-electron chi connectivity index (χ1n) is 7.36. The Labute approximate surface area is 123 Å². The lowest BCUT2D eigenvalue weighted by molar-refractivity contribution is -0.138. The highest BCUT2D eigenvalue weighted by atomic mass is 19.4. The van der Waals surface area contributed by atoms with Crippen LogP contribution in [0.3, 0.4) is 0 Å². The van der Waals surface area contributed by atoms with Crippen LogP contribution in [0, 0.1) is 0 Å². The summed E-state index contributed by atoms with van der Waals surface area (Å²) >= 11 is 0. The van der Waals surface area contributed by atoms with E-state index in [4.69, 9.17) is 4.74 Å². The predicted molar refractivity (Wildman–Crippen MR) is 76.0 cm³/mol. The van der Waals surface area contributed by atoms with E-state index >= 15 is 0 Å². The van der Waals surface area contributed by atoms with E-state index in [0.29, 0.717) is 12.2 Å². The Morgan fingerprint density at radius 2 is 2.05 bits per heavy atom. The van der Waals surface area contributed by atoms with Crippen molar-refractivity contribution in [3.8, 4) is 0 Å². The zero-order valence-electron chi connectivity index (χ0n) is 12.5. The van der Waals surface area contributed by atoms with E-state index in [-0.39, 0.29) is 18.2 Å². The third-order valence-corrected chi connectivity index (χ3v) is 4.25. The van der Waals surface area contributed by atoms with Gasteiger partial charge in [-0.15, -0.1) is 0 Å². The van der Waals surface area contributed by atoms with Gasteiger partial charge in [-0.2, -0.15) is 13.2 Å². The number of nitrogens with one attached hydrogen (secondary N) is 1. The summed E-state index contributed by atoms with van der Waals surface area (Å²) in [6.45, 7) is 5.02. The Balaban J connectivity index is 2.01. The van der Waals surface area contributed by atoms with Gasteiger partial charge in [0.15, 0.2) is 0 Å². The number of alkyl halides is 3. The van der Waals surface area contributed by atoms with E-state index < -0.39 is 11.7 Å². The Morgan fingerprint density at radius 3 is 2.71 bits per heavy atom. The molecule has 2 atom stereocenters. The van der Waals surface area contributed by atoms with Gasteiger partial charge in [0.05, 0.1) is 11.2 Å². The van der Waals surface area contributed by atoms with Crippen LogP contribution in [-0.2, 0) is 17.5 Å². The van der Waals surface area contributed by atoms with E-state index in [1.165, 1.54) is 12.1 Å². The molecule has 0 radical (unpaired) electrons. The molecule has 0 bridgehead atoms. The van der Waals surface area contributed by atoms with Crippen molar-refractivity contribution in [3.05, 3.63) is 35.4 Å². The van der Waals surface area contributed by atoms with Crippen molar-refractivity contribution in [2.24, 2.45) is 0 Å². The number of ether oxygens (including phenoxy) is 1. The molecular formula is C16H22F3NO. The zero-order valence-corrected chi connectivity index (χ0v) is 12.5. The lowest BCUT2D eigenvalue weighted by Crippen LogP contribution is -2.44. The van der Waals surface area contributed by atoms with Crippen molar-refractivity contribution in [2.45, 2.75) is 57.5 Å². The van der Waals surface area contributed by atoms with Crippen LogP contribution in [0.1, 0.15) is 44.2 Å². The molecule has 118 valence electrons. The summed E-state index contributed by atoms with van der Waals surface area (Å²) in [6, 6.07) is 5.94. The van der Waals surface area contributed by atoms with Crippen LogP contribution in [0.5, 0.6) is 0 Å². The predicted octanol–water partition coefficient (Wildman–Crippen LogP) is 4.14. The topological polar surface area (TPSA) is 21.3 Å². The fourth-order valence-corrected chi connectivity index (χ4v) is 2.76. The van der Waals surface area contributed by atoms with Gasteiger partial charge in [0.1, 0.15) is 0 Å². The van der Waals surface area contributed by atoms with Crippen molar-refractivity contribution in [1.82, 2.24) is 5.32 Å². The highest BCUT2D eigenvalue weighted by molar-refractivity contribution is 5.29. The summed E-state index contributed by atoms with van der Waals surface area (Å²) < 4.78 is 44.6. The monoisotopic (exact) mass is 301 g/mol. The summed E-state index contributed by atoms with van der Waals surface area (Å²) in [7, 11) is 0. The number of hydrogen-bond acceptors (Lipinski definition) is 2. The first kappa shape index (κ1) is 16.3. The second-order valence-corrected chi connectivity index (χ2v) is 5.88. The smallest absolute Gasteiger partial charge is 0.375 e. The summed E-state index contributed by atoms with van der Waals surface area (Å²) in [5.41, 5.74) is -0.420. The van der Waals surface area contributed by atoms with Crippen molar-refractivity contribution < 1.29 is 17.9 Å². The second kappa shape index (κ2) is 6.36. The van der Waals surface area contributed by atoms with Gasteiger partial charge in [-0.25, -0.2) is 0 Å². The van der Waals surface area contributed by atoms with Crippen LogP contribution in [0.2, 0.25) is 0 Å². The van der Waals surface area contributed by atoms with Gasteiger partial charge in [-0.3, -0.25) is 0 Å². The minimum atomic E-state index is -4.30. The average molecular weight is 301 g/mol. The Kier molecular flexibility index (Phi) is 4.94. The fourth-order valence-electron chi connectivity index (χ4n) is 2.76. The molecule has 2 nitrogen and oxygen atoms in total. The molecule has 1 aromatic rings. The Hall–Kier alpha value is -1.07. The van der Waals surface area contributed by atoms with E-state index in [1.54, 1.807) is 6.07 Å². The molecule has 0 saturated carbocycles. The quantitative estimate of drug-likeness (QED) is 0.902. The van der Waals surface area contributed by atoms with E-state index in [2.05, 4.69) is 19.2 Å². The average Bonchev–Trinajstić information content (AvgIpc) is 2.45. The SMILES string of the molecule is CCC1(C)CC(NCc2ccccc2C(F)(F)F)CCO1. The zero-order chi connectivity index (χ0) is 15.5. The molecule has 1 saturated heterocycles. The van der Waals surface area contributed by atoms with Gasteiger partial charge < -0.3 is 10.1 Å². The van der Waals surface area contributed by atoms with Crippen molar-refractivity contribution in [1.29, 1.82) is 0 Å². The minimum Gasteiger partial charge on any atom is -0.375 e. The maximum atomic E-state index is 12.9. The van der Waals surface area contributed by atoms with Crippen LogP contribution >= 0.6 is 0 Å². The van der Waals surface area contributed by atoms with Gasteiger partial charge in [-0.1, -0.05) is 25.1 Å². The molecule has 0 aromatic heterocycles. The van der Waals surface area contributed by atoms with Gasteiger partial charge in [0, 0.05) is 19.2 Å². The van der Waals surface area contributed by atoms with Crippen molar-refractivity contribution >= 4 is 0 Å². The second-order valence-electron chi connectivity index (χ2n) is 5.88. The normalized spacial score (nSPS) is 26.8. The lowest BCUT2D eigenvalue weighted by atomic mass is 9.89. The maximum Gasteiger partial charge on any atom is 0.416 e. The lowest BCUT2D eigenvalue weighted by Gasteiger charge is -2.38. The molecule has 1 fully saturated rings. The Bertz CT molecular complexity index is 475. The van der Waals surface area contributed by atoms with Gasteiger partial charge >= 0.3 is 6.18 Å². The van der Waals surface area contributed by atoms with E-state index in [1.807, 2.05) is 0 Å². The van der Waals surface area contributed by atoms with Crippen LogP contribution in [0.15, 0.2) is 24.3 Å². The van der Waals surface area contributed by atoms with E-state index in [0.717, 1.165) is 25.3 Å². The molecule has 1 aliphatic heterocycles. The minimum absolute atomic E-state index is 0.167. The summed E-state index contributed by atoms with van der Waals surface area (Å²) in [6.07, 6.45) is -1.72. The van der Waals surface area contributed by atoms with Crippen LogP contribution in [-0.4, -0.2) is 18.2 Å². The first-order valence-corrected chi connectivity index (χ1v) is 7.36. The summed E-state index contributed by atoms with van der Waals surface area (Å²) in [5.74, 6) is 0. The largest absolute Gasteiger partial charge is 0.416 e. The third kappa shape index (κ3) is 4.20. The highest BCUT2D eigenvalue weighted by Crippen LogP contribution is 2.32. The van der Waals surface area contributed by atoms with Crippen LogP contribution in [0.25, 0.3) is 0 Å².